The van der Waals surface area contributed by atoms with Crippen molar-refractivity contribution in [1.29, 1.82) is 0 Å². The Morgan fingerprint density at radius 2 is 2.30 bits per heavy atom. The van der Waals surface area contributed by atoms with Crippen LogP contribution < -0.4 is 10.2 Å². The van der Waals surface area contributed by atoms with Gasteiger partial charge in [-0.25, -0.2) is 4.39 Å². The van der Waals surface area contributed by atoms with Gasteiger partial charge in [0.1, 0.15) is 5.82 Å². The molecule has 5 heteroatoms. The first-order chi connectivity index (χ1) is 9.56. The van der Waals surface area contributed by atoms with Crippen LogP contribution in [0, 0.1) is 12.7 Å². The maximum Gasteiger partial charge on any atom is 0.126 e. The Labute approximate surface area is 119 Å². The number of anilines is 1. The number of ether oxygens (including phenoxy) is 1. The van der Waals surface area contributed by atoms with Gasteiger partial charge in [0.2, 0.25) is 0 Å². The Morgan fingerprint density at radius 3 is 2.95 bits per heavy atom. The molecule has 0 bridgehead atoms. The van der Waals surface area contributed by atoms with E-state index in [-0.39, 0.29) is 24.6 Å². The van der Waals surface area contributed by atoms with Gasteiger partial charge in [-0.15, -0.1) is 0 Å². The quantitative estimate of drug-likeness (QED) is 0.881. The van der Waals surface area contributed by atoms with E-state index in [9.17, 15) is 9.50 Å². The average Bonchev–Trinajstić information content (AvgIpc) is 2.48. The highest BCUT2D eigenvalue weighted by molar-refractivity contribution is 5.57. The van der Waals surface area contributed by atoms with E-state index in [4.69, 9.17) is 4.74 Å². The Morgan fingerprint density at radius 1 is 1.55 bits per heavy atom. The van der Waals surface area contributed by atoms with Gasteiger partial charge in [0.05, 0.1) is 19.3 Å². The highest BCUT2D eigenvalue weighted by atomic mass is 19.1. The molecule has 20 heavy (non-hydrogen) atoms. The number of hydrogen-bond donors (Lipinski definition) is 2. The smallest absolute Gasteiger partial charge is 0.126 e. The maximum atomic E-state index is 13.9. The van der Waals surface area contributed by atoms with Gasteiger partial charge in [-0.1, -0.05) is 0 Å². The number of halogens is 1. The highest BCUT2D eigenvalue weighted by Gasteiger charge is 2.23. The second-order valence-corrected chi connectivity index (χ2v) is 5.29. The van der Waals surface area contributed by atoms with Crippen molar-refractivity contribution in [2.45, 2.75) is 26.0 Å². The molecule has 4 nitrogen and oxygen atoms in total. The fourth-order valence-corrected chi connectivity index (χ4v) is 2.51. The van der Waals surface area contributed by atoms with Crippen LogP contribution in [0.5, 0.6) is 0 Å². The third kappa shape index (κ3) is 3.11. The van der Waals surface area contributed by atoms with Crippen molar-refractivity contribution in [3.8, 4) is 0 Å². The van der Waals surface area contributed by atoms with Crippen LogP contribution in [0.25, 0.3) is 0 Å². The van der Waals surface area contributed by atoms with Crippen molar-refractivity contribution >= 4 is 5.69 Å². The molecule has 0 spiro atoms. The van der Waals surface area contributed by atoms with Crippen LogP contribution in [-0.4, -0.2) is 44.6 Å². The van der Waals surface area contributed by atoms with E-state index in [2.05, 4.69) is 10.2 Å². The number of benzene rings is 1. The molecule has 2 unspecified atom stereocenters. The number of rotatable bonds is 4. The topological polar surface area (TPSA) is 44.7 Å². The van der Waals surface area contributed by atoms with E-state index in [1.54, 1.807) is 13.0 Å². The summed E-state index contributed by atoms with van der Waals surface area (Å²) < 4.78 is 19.3. The molecule has 0 saturated carbocycles. The van der Waals surface area contributed by atoms with E-state index < -0.39 is 0 Å². The Hall–Kier alpha value is -1.17. The van der Waals surface area contributed by atoms with Gasteiger partial charge >= 0.3 is 0 Å². The lowest BCUT2D eigenvalue weighted by Gasteiger charge is -2.36. The Balaban J connectivity index is 2.35. The number of aliphatic hydroxyl groups excluding tert-OH is 1. The van der Waals surface area contributed by atoms with Crippen LogP contribution in [0.3, 0.4) is 0 Å². The summed E-state index contributed by atoms with van der Waals surface area (Å²) in [5.41, 5.74) is 2.60. The standard InChI is InChI=1S/C15H23FN2O2/c1-10-6-15(13(7-14(10)16)11(2)17-3)18-4-5-20-12(8-18)9-19/h6-7,11-12,17,19H,4-5,8-9H2,1-3H3. The minimum atomic E-state index is -0.183. The van der Waals surface area contributed by atoms with E-state index in [1.165, 1.54) is 0 Å². The van der Waals surface area contributed by atoms with Gasteiger partial charge in [0, 0.05) is 24.8 Å². The summed E-state index contributed by atoms with van der Waals surface area (Å²) in [7, 11) is 1.86. The molecule has 0 radical (unpaired) electrons. The van der Waals surface area contributed by atoms with Crippen LogP contribution >= 0.6 is 0 Å². The van der Waals surface area contributed by atoms with Gasteiger partial charge in [0.15, 0.2) is 0 Å². The Kier molecular flexibility index (Phi) is 4.96. The monoisotopic (exact) mass is 282 g/mol. The predicted molar refractivity (Wildman–Crippen MR) is 77.7 cm³/mol. The van der Waals surface area contributed by atoms with Crippen LogP contribution in [0.4, 0.5) is 10.1 Å². The van der Waals surface area contributed by atoms with Crippen LogP contribution in [0.1, 0.15) is 24.1 Å². The number of hydrogen-bond acceptors (Lipinski definition) is 4. The lowest BCUT2D eigenvalue weighted by Crippen LogP contribution is -2.44. The summed E-state index contributed by atoms with van der Waals surface area (Å²) in [6.45, 7) is 5.76. The molecule has 1 aromatic rings. The summed E-state index contributed by atoms with van der Waals surface area (Å²) in [6.07, 6.45) is -0.174. The fourth-order valence-electron chi connectivity index (χ4n) is 2.51. The highest BCUT2D eigenvalue weighted by Crippen LogP contribution is 2.30. The van der Waals surface area contributed by atoms with E-state index in [0.29, 0.717) is 18.7 Å². The normalized spacial score (nSPS) is 21.1. The van der Waals surface area contributed by atoms with Gasteiger partial charge in [-0.05, 0) is 44.2 Å². The Bertz CT molecular complexity index is 467. The molecule has 1 aliphatic heterocycles. The van der Waals surface area contributed by atoms with Crippen molar-refractivity contribution in [2.75, 3.05) is 38.3 Å². The summed E-state index contributed by atoms with van der Waals surface area (Å²) >= 11 is 0. The van der Waals surface area contributed by atoms with E-state index >= 15 is 0 Å². The average molecular weight is 282 g/mol. The first kappa shape index (κ1) is 15.2. The zero-order valence-electron chi connectivity index (χ0n) is 12.3. The maximum absolute atomic E-state index is 13.9. The predicted octanol–water partition coefficient (Wildman–Crippen LogP) is 1.61. The molecule has 1 saturated heterocycles. The molecule has 1 heterocycles. The second kappa shape index (κ2) is 6.52. The molecule has 0 amide bonds. The van der Waals surface area contributed by atoms with E-state index in [1.807, 2.05) is 20.0 Å². The lowest BCUT2D eigenvalue weighted by atomic mass is 10.0. The first-order valence-corrected chi connectivity index (χ1v) is 7.01. The molecule has 0 aliphatic carbocycles. The van der Waals surface area contributed by atoms with Gasteiger partial charge < -0.3 is 20.1 Å². The summed E-state index contributed by atoms with van der Waals surface area (Å²) in [4.78, 5) is 2.17. The summed E-state index contributed by atoms with van der Waals surface area (Å²) in [5, 5.41) is 12.4. The molecular formula is C15H23FN2O2. The van der Waals surface area contributed by atoms with Gasteiger partial charge in [-0.2, -0.15) is 0 Å². The zero-order chi connectivity index (χ0) is 14.7. The third-order valence-corrected chi connectivity index (χ3v) is 3.89. The van der Waals surface area contributed by atoms with Crippen molar-refractivity contribution in [3.63, 3.8) is 0 Å². The molecule has 1 fully saturated rings. The van der Waals surface area contributed by atoms with Crippen LogP contribution in [0.2, 0.25) is 0 Å². The fraction of sp³-hybridized carbons (Fsp3) is 0.600. The second-order valence-electron chi connectivity index (χ2n) is 5.29. The molecule has 1 aromatic carbocycles. The number of aryl methyl sites for hydroxylation is 1. The number of nitrogens with one attached hydrogen (secondary N) is 1. The minimum absolute atomic E-state index is 0.00753. The number of aliphatic hydroxyl groups is 1. The number of nitrogens with zero attached hydrogens (tertiary/aromatic N) is 1. The van der Waals surface area contributed by atoms with Crippen molar-refractivity contribution in [1.82, 2.24) is 5.32 Å². The van der Waals surface area contributed by atoms with Gasteiger partial charge in [0.25, 0.3) is 0 Å². The molecule has 1 aliphatic rings. The third-order valence-electron chi connectivity index (χ3n) is 3.89. The molecule has 2 atom stereocenters. The first-order valence-electron chi connectivity index (χ1n) is 7.01. The SMILES string of the molecule is CNC(C)c1cc(F)c(C)cc1N1CCOC(CO)C1. The molecule has 2 N–H and O–H groups in total. The minimum Gasteiger partial charge on any atom is -0.394 e. The summed E-state index contributed by atoms with van der Waals surface area (Å²) in [5.74, 6) is -0.183. The van der Waals surface area contributed by atoms with Crippen molar-refractivity contribution in [3.05, 3.63) is 29.1 Å². The largest absolute Gasteiger partial charge is 0.394 e. The zero-order valence-corrected chi connectivity index (χ0v) is 12.3. The summed E-state index contributed by atoms with van der Waals surface area (Å²) in [6, 6.07) is 3.56. The number of morpholine rings is 1. The van der Waals surface area contributed by atoms with Crippen LogP contribution in [0.15, 0.2) is 12.1 Å². The van der Waals surface area contributed by atoms with Crippen LogP contribution in [-0.2, 0) is 4.74 Å². The lowest BCUT2D eigenvalue weighted by molar-refractivity contribution is 0.00350. The molecule has 2 rings (SSSR count). The van der Waals surface area contributed by atoms with E-state index in [0.717, 1.165) is 17.8 Å². The molecular weight excluding hydrogens is 259 g/mol. The molecule has 112 valence electrons. The van der Waals surface area contributed by atoms with Crippen molar-refractivity contribution in [2.24, 2.45) is 0 Å². The molecule has 0 aromatic heterocycles. The van der Waals surface area contributed by atoms with Gasteiger partial charge in [-0.3, -0.25) is 0 Å². The van der Waals surface area contributed by atoms with Crippen molar-refractivity contribution < 1.29 is 14.2 Å².